The Morgan fingerprint density at radius 2 is 1.94 bits per heavy atom. The lowest BCUT2D eigenvalue weighted by molar-refractivity contribution is -0.140. The lowest BCUT2D eigenvalue weighted by Gasteiger charge is -2.28. The van der Waals surface area contributed by atoms with Crippen LogP contribution in [0.25, 0.3) is 0 Å². The first kappa shape index (κ1) is 26.3. The quantitative estimate of drug-likeness (QED) is 0.0778. The van der Waals surface area contributed by atoms with E-state index in [4.69, 9.17) is 28.8 Å². The second-order valence-corrected chi connectivity index (χ2v) is 8.41. The SMILES string of the molecule is NC(N)=NCCCC(NC(=O)C1CCCN1C(=O)C(N)Cc1ccccc1)C(=O)C(Cl)C=O. The minimum Gasteiger partial charge on any atom is -0.370 e. The molecule has 1 aliphatic heterocycles. The Morgan fingerprint density at radius 1 is 1.24 bits per heavy atom. The van der Waals surface area contributed by atoms with Crippen LogP contribution in [0, 0.1) is 0 Å². The number of ketones is 1. The molecule has 2 rings (SSSR count). The van der Waals surface area contributed by atoms with Gasteiger partial charge in [-0.3, -0.25) is 19.4 Å². The lowest BCUT2D eigenvalue weighted by Crippen LogP contribution is -2.55. The molecule has 1 fully saturated rings. The number of hydrogen-bond acceptors (Lipinski definition) is 6. The van der Waals surface area contributed by atoms with Crippen LogP contribution in [0.15, 0.2) is 35.3 Å². The van der Waals surface area contributed by atoms with E-state index in [9.17, 15) is 19.2 Å². The van der Waals surface area contributed by atoms with Gasteiger partial charge in [-0.1, -0.05) is 30.3 Å². The van der Waals surface area contributed by atoms with Crippen molar-refractivity contribution in [3.05, 3.63) is 35.9 Å². The first-order valence-electron chi connectivity index (χ1n) is 10.8. The molecule has 2 amide bonds. The molecule has 11 heteroatoms. The molecule has 0 radical (unpaired) electrons. The third-order valence-electron chi connectivity index (χ3n) is 5.45. The topological polar surface area (TPSA) is 174 Å². The minimum atomic E-state index is -1.39. The average Bonchev–Trinajstić information content (AvgIpc) is 3.30. The van der Waals surface area contributed by atoms with Crippen molar-refractivity contribution in [2.45, 2.75) is 55.6 Å². The molecule has 180 valence electrons. The van der Waals surface area contributed by atoms with Crippen molar-refractivity contribution in [1.29, 1.82) is 0 Å². The monoisotopic (exact) mass is 478 g/mol. The third kappa shape index (κ3) is 7.83. The normalized spacial score (nSPS) is 18.1. The van der Waals surface area contributed by atoms with E-state index in [1.54, 1.807) is 0 Å². The van der Waals surface area contributed by atoms with Crippen LogP contribution in [0.1, 0.15) is 31.2 Å². The van der Waals surface area contributed by atoms with Gasteiger partial charge in [0.1, 0.15) is 17.7 Å². The second kappa shape index (κ2) is 12.9. The molecule has 0 bridgehead atoms. The number of halogens is 1. The molecule has 7 N–H and O–H groups in total. The second-order valence-electron chi connectivity index (χ2n) is 7.94. The number of aldehydes is 1. The molecule has 1 aliphatic rings. The van der Waals surface area contributed by atoms with Crippen LogP contribution in [0.4, 0.5) is 0 Å². The molecule has 0 spiro atoms. The van der Waals surface area contributed by atoms with Crippen LogP contribution in [0.5, 0.6) is 0 Å². The van der Waals surface area contributed by atoms with Crippen LogP contribution >= 0.6 is 11.6 Å². The van der Waals surface area contributed by atoms with Crippen molar-refractivity contribution in [2.75, 3.05) is 13.1 Å². The van der Waals surface area contributed by atoms with E-state index in [1.165, 1.54) is 4.90 Å². The summed E-state index contributed by atoms with van der Waals surface area (Å²) in [4.78, 5) is 54.8. The molecule has 0 aromatic heterocycles. The highest BCUT2D eigenvalue weighted by Gasteiger charge is 2.38. The zero-order valence-electron chi connectivity index (χ0n) is 18.4. The fourth-order valence-electron chi connectivity index (χ4n) is 3.79. The highest BCUT2D eigenvalue weighted by atomic mass is 35.5. The maximum absolute atomic E-state index is 13.0. The number of guanidine groups is 1. The number of nitrogens with one attached hydrogen (secondary N) is 1. The molecular weight excluding hydrogens is 448 g/mol. The number of benzene rings is 1. The summed E-state index contributed by atoms with van der Waals surface area (Å²) >= 11 is 5.80. The van der Waals surface area contributed by atoms with Gasteiger partial charge < -0.3 is 32.2 Å². The van der Waals surface area contributed by atoms with Crippen LogP contribution < -0.4 is 22.5 Å². The zero-order valence-corrected chi connectivity index (χ0v) is 19.1. The fourth-order valence-corrected chi connectivity index (χ4v) is 3.94. The number of amides is 2. The predicted molar refractivity (Wildman–Crippen MR) is 125 cm³/mol. The van der Waals surface area contributed by atoms with E-state index in [-0.39, 0.29) is 24.8 Å². The van der Waals surface area contributed by atoms with Crippen LogP contribution in [0.2, 0.25) is 0 Å². The molecule has 0 aliphatic carbocycles. The van der Waals surface area contributed by atoms with Gasteiger partial charge in [-0.05, 0) is 37.7 Å². The maximum Gasteiger partial charge on any atom is 0.243 e. The van der Waals surface area contributed by atoms with Crippen LogP contribution in [-0.4, -0.2) is 71.3 Å². The smallest absolute Gasteiger partial charge is 0.243 e. The molecule has 4 atom stereocenters. The Kier molecular flexibility index (Phi) is 10.3. The zero-order chi connectivity index (χ0) is 24.4. The number of nitrogens with zero attached hydrogens (tertiary/aromatic N) is 2. The number of Topliss-reactive ketones (excluding diaryl/α,β-unsaturated/α-hetero) is 1. The van der Waals surface area contributed by atoms with Gasteiger partial charge in [-0.2, -0.15) is 0 Å². The molecule has 1 aromatic carbocycles. The van der Waals surface area contributed by atoms with E-state index >= 15 is 0 Å². The summed E-state index contributed by atoms with van der Waals surface area (Å²) in [6, 6.07) is 6.83. The number of carbonyl (C=O) groups is 4. The Hall–Kier alpha value is -2.98. The van der Waals surface area contributed by atoms with Crippen LogP contribution in [-0.2, 0) is 25.6 Å². The molecule has 1 heterocycles. The molecule has 1 aromatic rings. The summed E-state index contributed by atoms with van der Waals surface area (Å²) in [6.07, 6.45) is 2.32. The first-order valence-corrected chi connectivity index (χ1v) is 11.3. The van der Waals surface area contributed by atoms with Gasteiger partial charge in [0.15, 0.2) is 11.7 Å². The van der Waals surface area contributed by atoms with E-state index in [1.807, 2.05) is 30.3 Å². The average molecular weight is 479 g/mol. The summed E-state index contributed by atoms with van der Waals surface area (Å²) in [5.41, 5.74) is 17.7. The van der Waals surface area contributed by atoms with Gasteiger partial charge in [0.25, 0.3) is 0 Å². The van der Waals surface area contributed by atoms with Gasteiger partial charge in [-0.15, -0.1) is 11.6 Å². The predicted octanol–water partition coefficient (Wildman–Crippen LogP) is -0.539. The summed E-state index contributed by atoms with van der Waals surface area (Å²) in [5.74, 6) is -1.52. The Balaban J connectivity index is 2.04. The van der Waals surface area contributed by atoms with Crippen molar-refractivity contribution in [3.63, 3.8) is 0 Å². The first-order chi connectivity index (χ1) is 15.7. The van der Waals surface area contributed by atoms with Crippen molar-refractivity contribution in [1.82, 2.24) is 10.2 Å². The Bertz CT molecular complexity index is 862. The third-order valence-corrected chi connectivity index (χ3v) is 5.77. The van der Waals surface area contributed by atoms with Crippen molar-refractivity contribution < 1.29 is 19.2 Å². The standard InChI is InChI=1S/C22H31ClN6O4/c23-15(13-30)19(31)17(8-4-10-27-22(25)26)28-20(32)18-9-5-11-29(18)21(33)16(24)12-14-6-2-1-3-7-14/h1-3,6-7,13,15-18H,4-5,8-12,24H2,(H,28,32)(H4,25,26,27). The number of likely N-dealkylation sites (tertiary alicyclic amines) is 1. The van der Waals surface area contributed by atoms with E-state index in [0.29, 0.717) is 38.5 Å². The number of alkyl halides is 1. The van der Waals surface area contributed by atoms with Crippen molar-refractivity contribution >= 4 is 41.4 Å². The number of nitrogens with two attached hydrogens (primary N) is 3. The number of aliphatic imine (C=N–C) groups is 1. The summed E-state index contributed by atoms with van der Waals surface area (Å²) in [5, 5.41) is 1.27. The highest BCUT2D eigenvalue weighted by Crippen LogP contribution is 2.20. The Morgan fingerprint density at radius 3 is 2.58 bits per heavy atom. The van der Waals surface area contributed by atoms with E-state index in [2.05, 4.69) is 10.3 Å². The van der Waals surface area contributed by atoms with E-state index < -0.39 is 35.2 Å². The van der Waals surface area contributed by atoms with Gasteiger partial charge in [0, 0.05) is 13.1 Å². The number of hydrogen-bond donors (Lipinski definition) is 4. The molecule has 1 saturated heterocycles. The van der Waals surface area contributed by atoms with Crippen LogP contribution in [0.3, 0.4) is 0 Å². The van der Waals surface area contributed by atoms with Crippen molar-refractivity contribution in [2.24, 2.45) is 22.2 Å². The highest BCUT2D eigenvalue weighted by molar-refractivity contribution is 6.39. The van der Waals surface area contributed by atoms with Gasteiger partial charge in [-0.25, -0.2) is 0 Å². The lowest BCUT2D eigenvalue weighted by atomic mass is 10.0. The molecule has 0 saturated carbocycles. The minimum absolute atomic E-state index is 0.0861. The molecule has 10 nitrogen and oxygen atoms in total. The summed E-state index contributed by atoms with van der Waals surface area (Å²) < 4.78 is 0. The summed E-state index contributed by atoms with van der Waals surface area (Å²) in [7, 11) is 0. The van der Waals surface area contributed by atoms with Crippen molar-refractivity contribution in [3.8, 4) is 0 Å². The molecule has 33 heavy (non-hydrogen) atoms. The largest absolute Gasteiger partial charge is 0.370 e. The number of rotatable bonds is 12. The Labute approximate surface area is 197 Å². The van der Waals surface area contributed by atoms with E-state index in [0.717, 1.165) is 5.56 Å². The maximum atomic E-state index is 13.0. The summed E-state index contributed by atoms with van der Waals surface area (Å²) in [6.45, 7) is 0.646. The van der Waals surface area contributed by atoms with Gasteiger partial charge >= 0.3 is 0 Å². The molecule has 4 unspecified atom stereocenters. The van der Waals surface area contributed by atoms with Gasteiger partial charge in [0.2, 0.25) is 11.8 Å². The van der Waals surface area contributed by atoms with Gasteiger partial charge in [0.05, 0.1) is 12.1 Å². The number of carbonyl (C=O) groups excluding carboxylic acids is 4. The fraction of sp³-hybridized carbons (Fsp3) is 0.500. The molecular formula is C22H31ClN6O4.